The third-order valence-corrected chi connectivity index (χ3v) is 2.92. The number of aryl methyl sites for hydroxylation is 2. The summed E-state index contributed by atoms with van der Waals surface area (Å²) in [5.74, 6) is 0. The molecule has 0 amide bonds. The molecule has 1 heterocycles. The van der Waals surface area contributed by atoms with Crippen molar-refractivity contribution >= 4 is 0 Å². The molecule has 1 aromatic carbocycles. The zero-order chi connectivity index (χ0) is 11.7. The molecule has 1 aromatic heterocycles. The zero-order valence-electron chi connectivity index (χ0n) is 9.87. The third-order valence-electron chi connectivity index (χ3n) is 2.92. The molecule has 1 N–H and O–H groups in total. The van der Waals surface area contributed by atoms with Gasteiger partial charge in [-0.3, -0.25) is 14.6 Å². The Hall–Kier alpha value is -1.77. The number of nitrogens with one attached hydrogen (secondary N) is 1. The quantitative estimate of drug-likeness (QED) is 0.821. The zero-order valence-corrected chi connectivity index (χ0v) is 9.87. The summed E-state index contributed by atoms with van der Waals surface area (Å²) in [7, 11) is 1.88. The molecular weight excluding hydrogens is 200 g/mol. The highest BCUT2D eigenvalue weighted by atomic mass is 16.1. The summed E-state index contributed by atoms with van der Waals surface area (Å²) in [5.41, 5.74) is 4.19. The Morgan fingerprint density at radius 1 is 1.31 bits per heavy atom. The van der Waals surface area contributed by atoms with Gasteiger partial charge in [0.15, 0.2) is 0 Å². The Morgan fingerprint density at radius 2 is 2.00 bits per heavy atom. The van der Waals surface area contributed by atoms with Gasteiger partial charge >= 0.3 is 0 Å². The molecule has 0 aliphatic heterocycles. The number of H-pyrrole nitrogens is 1. The number of hydrogen-bond donors (Lipinski definition) is 1. The number of aromatic amines is 1. The van der Waals surface area contributed by atoms with Crippen molar-refractivity contribution in [2.75, 3.05) is 0 Å². The lowest BCUT2D eigenvalue weighted by Gasteiger charge is -2.08. The fraction of sp³-hybridized carbons (Fsp3) is 0.308. The van der Waals surface area contributed by atoms with Gasteiger partial charge < -0.3 is 0 Å². The molecule has 0 fully saturated rings. The molecule has 0 spiro atoms. The van der Waals surface area contributed by atoms with Gasteiger partial charge in [0.1, 0.15) is 0 Å². The number of benzene rings is 1. The van der Waals surface area contributed by atoms with Gasteiger partial charge in [-0.05, 0) is 18.9 Å². The van der Waals surface area contributed by atoms with Gasteiger partial charge in [-0.1, -0.05) is 31.2 Å². The molecule has 3 heteroatoms. The standard InChI is InChI=1S/C13H16N2O/c1-4-10-12(15(3)14-13(10)16)11-8-6-5-7-9(11)2/h5-8H,4H2,1-3H3,(H,14,16). The predicted molar refractivity (Wildman–Crippen MR) is 65.6 cm³/mol. The van der Waals surface area contributed by atoms with E-state index in [4.69, 9.17) is 0 Å². The summed E-state index contributed by atoms with van der Waals surface area (Å²) in [6, 6.07) is 8.12. The third kappa shape index (κ3) is 1.58. The molecule has 0 radical (unpaired) electrons. The molecular formula is C13H16N2O. The maximum atomic E-state index is 11.7. The first-order valence-electron chi connectivity index (χ1n) is 5.49. The van der Waals surface area contributed by atoms with Crippen LogP contribution in [0, 0.1) is 6.92 Å². The molecule has 0 unspecified atom stereocenters. The van der Waals surface area contributed by atoms with E-state index < -0.39 is 0 Å². The second-order valence-corrected chi connectivity index (χ2v) is 4.00. The average molecular weight is 216 g/mol. The largest absolute Gasteiger partial charge is 0.287 e. The summed E-state index contributed by atoms with van der Waals surface area (Å²) in [5, 5.41) is 2.81. The lowest BCUT2D eigenvalue weighted by molar-refractivity contribution is 0.763. The van der Waals surface area contributed by atoms with E-state index in [2.05, 4.69) is 24.2 Å². The first kappa shape index (κ1) is 10.7. The molecule has 2 rings (SSSR count). The highest BCUT2D eigenvalue weighted by molar-refractivity contribution is 5.66. The van der Waals surface area contributed by atoms with Crippen LogP contribution in [-0.2, 0) is 13.5 Å². The van der Waals surface area contributed by atoms with Crippen LogP contribution in [0.15, 0.2) is 29.1 Å². The van der Waals surface area contributed by atoms with Crippen molar-refractivity contribution in [3.8, 4) is 11.3 Å². The van der Waals surface area contributed by atoms with Crippen LogP contribution in [0.1, 0.15) is 18.1 Å². The fourth-order valence-electron chi connectivity index (χ4n) is 2.10. The van der Waals surface area contributed by atoms with E-state index in [1.54, 1.807) is 0 Å². The second-order valence-electron chi connectivity index (χ2n) is 4.00. The van der Waals surface area contributed by atoms with Crippen molar-refractivity contribution < 1.29 is 0 Å². The van der Waals surface area contributed by atoms with Crippen LogP contribution >= 0.6 is 0 Å². The molecule has 0 aliphatic rings. The number of nitrogens with zero attached hydrogens (tertiary/aromatic N) is 1. The Morgan fingerprint density at radius 3 is 2.62 bits per heavy atom. The minimum absolute atomic E-state index is 0.0169. The molecule has 0 aliphatic carbocycles. The summed E-state index contributed by atoms with van der Waals surface area (Å²) in [6.07, 6.45) is 0.750. The van der Waals surface area contributed by atoms with Crippen LogP contribution in [0.25, 0.3) is 11.3 Å². The van der Waals surface area contributed by atoms with Crippen molar-refractivity contribution in [3.63, 3.8) is 0 Å². The van der Waals surface area contributed by atoms with Gasteiger partial charge in [-0.15, -0.1) is 0 Å². The van der Waals surface area contributed by atoms with E-state index in [0.717, 1.165) is 23.2 Å². The lowest BCUT2D eigenvalue weighted by Crippen LogP contribution is -2.05. The molecule has 0 bridgehead atoms. The fourth-order valence-corrected chi connectivity index (χ4v) is 2.10. The van der Waals surface area contributed by atoms with Gasteiger partial charge in [-0.2, -0.15) is 0 Å². The van der Waals surface area contributed by atoms with E-state index in [-0.39, 0.29) is 5.56 Å². The van der Waals surface area contributed by atoms with Crippen LogP contribution in [0.2, 0.25) is 0 Å². The Bertz CT molecular complexity index is 564. The molecule has 16 heavy (non-hydrogen) atoms. The van der Waals surface area contributed by atoms with Gasteiger partial charge in [0.05, 0.1) is 5.69 Å². The van der Waals surface area contributed by atoms with Gasteiger partial charge in [0, 0.05) is 18.2 Å². The normalized spacial score (nSPS) is 10.7. The number of rotatable bonds is 2. The molecule has 3 nitrogen and oxygen atoms in total. The van der Waals surface area contributed by atoms with Crippen molar-refractivity contribution in [2.24, 2.45) is 7.05 Å². The van der Waals surface area contributed by atoms with Crippen LogP contribution in [0.5, 0.6) is 0 Å². The molecule has 0 saturated heterocycles. The minimum Gasteiger partial charge on any atom is -0.287 e. The van der Waals surface area contributed by atoms with E-state index in [1.165, 1.54) is 5.56 Å². The summed E-state index contributed by atoms with van der Waals surface area (Å²) in [4.78, 5) is 11.7. The van der Waals surface area contributed by atoms with Crippen LogP contribution in [-0.4, -0.2) is 9.78 Å². The molecule has 0 atom stereocenters. The highest BCUT2D eigenvalue weighted by Gasteiger charge is 2.14. The number of hydrogen-bond acceptors (Lipinski definition) is 1. The first-order chi connectivity index (χ1) is 7.65. The van der Waals surface area contributed by atoms with E-state index in [1.807, 2.05) is 30.8 Å². The number of aromatic nitrogens is 2. The second kappa shape index (κ2) is 4.00. The smallest absolute Gasteiger partial charge is 0.267 e. The maximum Gasteiger partial charge on any atom is 0.267 e. The SMILES string of the molecule is CCc1c(-c2ccccc2C)n(C)[nH]c1=O. The summed E-state index contributed by atoms with van der Waals surface area (Å²) < 4.78 is 1.81. The summed E-state index contributed by atoms with van der Waals surface area (Å²) in [6.45, 7) is 4.07. The van der Waals surface area contributed by atoms with E-state index in [9.17, 15) is 4.79 Å². The van der Waals surface area contributed by atoms with Crippen molar-refractivity contribution in [3.05, 3.63) is 45.7 Å². The van der Waals surface area contributed by atoms with Gasteiger partial charge in [0.2, 0.25) is 0 Å². The molecule has 84 valence electrons. The topological polar surface area (TPSA) is 37.8 Å². The van der Waals surface area contributed by atoms with Gasteiger partial charge in [0.25, 0.3) is 5.56 Å². The van der Waals surface area contributed by atoms with Crippen LogP contribution in [0.3, 0.4) is 0 Å². The van der Waals surface area contributed by atoms with Gasteiger partial charge in [-0.25, -0.2) is 0 Å². The Balaban J connectivity index is 2.74. The predicted octanol–water partition coefficient (Wildman–Crippen LogP) is 2.25. The summed E-state index contributed by atoms with van der Waals surface area (Å²) >= 11 is 0. The van der Waals surface area contributed by atoms with E-state index >= 15 is 0 Å². The Labute approximate surface area is 94.7 Å². The highest BCUT2D eigenvalue weighted by Crippen LogP contribution is 2.24. The average Bonchev–Trinajstić information content (AvgIpc) is 2.54. The monoisotopic (exact) mass is 216 g/mol. The van der Waals surface area contributed by atoms with Crippen molar-refractivity contribution in [1.29, 1.82) is 0 Å². The first-order valence-corrected chi connectivity index (χ1v) is 5.49. The van der Waals surface area contributed by atoms with Crippen LogP contribution < -0.4 is 5.56 Å². The lowest BCUT2D eigenvalue weighted by atomic mass is 10.0. The maximum absolute atomic E-state index is 11.7. The van der Waals surface area contributed by atoms with Crippen LogP contribution in [0.4, 0.5) is 0 Å². The van der Waals surface area contributed by atoms with Crippen molar-refractivity contribution in [1.82, 2.24) is 9.78 Å². The minimum atomic E-state index is 0.0169. The van der Waals surface area contributed by atoms with E-state index in [0.29, 0.717) is 0 Å². The molecule has 2 aromatic rings. The van der Waals surface area contributed by atoms with Crippen molar-refractivity contribution in [2.45, 2.75) is 20.3 Å². The molecule has 0 saturated carbocycles. The Kier molecular flexibility index (Phi) is 2.69.